The van der Waals surface area contributed by atoms with Gasteiger partial charge in [-0.1, -0.05) is 6.92 Å². The van der Waals surface area contributed by atoms with Crippen LogP contribution in [0, 0.1) is 24.1 Å². The van der Waals surface area contributed by atoms with Crippen LogP contribution in [0.25, 0.3) is 28.2 Å². The van der Waals surface area contributed by atoms with Crippen LogP contribution in [-0.4, -0.2) is 40.2 Å². The van der Waals surface area contributed by atoms with Crippen LogP contribution in [-0.2, 0) is 16.4 Å². The lowest BCUT2D eigenvalue weighted by atomic mass is 10.1. The van der Waals surface area contributed by atoms with E-state index < -0.39 is 33.0 Å². The number of pyridine rings is 1. The Morgan fingerprint density at radius 2 is 1.81 bits per heavy atom. The molecule has 0 saturated heterocycles. The molecule has 0 fully saturated rings. The Labute approximate surface area is 209 Å². The van der Waals surface area contributed by atoms with E-state index in [0.29, 0.717) is 24.4 Å². The largest absolute Gasteiger partial charge is 0.404 e. The van der Waals surface area contributed by atoms with Gasteiger partial charge in [0, 0.05) is 24.0 Å². The van der Waals surface area contributed by atoms with Crippen molar-refractivity contribution in [2.45, 2.75) is 44.3 Å². The number of benzene rings is 1. The Bertz CT molecular complexity index is 1620. The molecule has 0 unspecified atom stereocenters. The average Bonchev–Trinajstić information content (AvgIpc) is 3.16. The molecule has 192 valence electrons. The second-order valence-electron chi connectivity index (χ2n) is 8.31. The van der Waals surface area contributed by atoms with E-state index in [1.807, 2.05) is 0 Å². The molecule has 8 nitrogen and oxygen atoms in total. The van der Waals surface area contributed by atoms with E-state index in [-0.39, 0.29) is 28.3 Å². The van der Waals surface area contributed by atoms with Gasteiger partial charge in [0.2, 0.25) is 16.0 Å². The van der Waals surface area contributed by atoms with E-state index in [0.717, 1.165) is 17.8 Å². The highest BCUT2D eigenvalue weighted by atomic mass is 32.2. The number of fused-ring (bicyclic) bond motifs is 1. The molecule has 0 amide bonds. The zero-order chi connectivity index (χ0) is 27.1. The van der Waals surface area contributed by atoms with Gasteiger partial charge in [0.15, 0.2) is 0 Å². The number of rotatable bonds is 6. The molecule has 13 heteroatoms. The fourth-order valence-corrected chi connectivity index (χ4v) is 4.91. The number of sulfonamides is 1. The van der Waals surface area contributed by atoms with Gasteiger partial charge in [0.05, 0.1) is 22.5 Å². The zero-order valence-corrected chi connectivity index (χ0v) is 20.6. The first kappa shape index (κ1) is 26.2. The number of nitrogens with one attached hydrogen (secondary N) is 1. The molecule has 1 N–H and O–H groups in total. The summed E-state index contributed by atoms with van der Waals surface area (Å²) in [6.07, 6.45) is -0.384. The molecule has 3 aromatic heterocycles. The van der Waals surface area contributed by atoms with Crippen LogP contribution in [0.15, 0.2) is 47.8 Å². The maximum Gasteiger partial charge on any atom is 0.404 e. The zero-order valence-electron chi connectivity index (χ0n) is 19.8. The lowest BCUT2D eigenvalue weighted by Gasteiger charge is -2.17. The van der Waals surface area contributed by atoms with E-state index in [9.17, 15) is 31.2 Å². The minimum Gasteiger partial charge on any atom is -0.275 e. The normalized spacial score (nSPS) is 13.0. The van der Waals surface area contributed by atoms with E-state index in [1.54, 1.807) is 37.0 Å². The summed E-state index contributed by atoms with van der Waals surface area (Å²) in [6.45, 7) is 4.25. The highest BCUT2D eigenvalue weighted by Crippen LogP contribution is 2.36. The Hall–Kier alpha value is -3.89. The van der Waals surface area contributed by atoms with Crippen LogP contribution >= 0.6 is 0 Å². The first-order valence-electron chi connectivity index (χ1n) is 11.0. The summed E-state index contributed by atoms with van der Waals surface area (Å²) in [5, 5.41) is 10.3. The topological polar surface area (TPSA) is 114 Å². The quantitative estimate of drug-likeness (QED) is 0.364. The monoisotopic (exact) mass is 532 g/mol. The lowest BCUT2D eigenvalue weighted by molar-refractivity contribution is -0.147. The summed E-state index contributed by atoms with van der Waals surface area (Å²) in [6, 6.07) is 4.89. The number of hydrogen-bond donors (Lipinski definition) is 1. The van der Waals surface area contributed by atoms with Gasteiger partial charge in [-0.05, 0) is 55.7 Å². The summed E-state index contributed by atoms with van der Waals surface area (Å²) in [5.74, 6) is -0.334. The van der Waals surface area contributed by atoms with Crippen LogP contribution < -0.4 is 4.72 Å². The molecular weight excluding hydrogens is 512 g/mol. The molecule has 1 aromatic carbocycles. The fourth-order valence-electron chi connectivity index (χ4n) is 3.73. The van der Waals surface area contributed by atoms with Crippen LogP contribution in [0.1, 0.15) is 30.5 Å². The van der Waals surface area contributed by atoms with Gasteiger partial charge < -0.3 is 0 Å². The molecule has 0 aliphatic rings. The predicted molar refractivity (Wildman–Crippen MR) is 127 cm³/mol. The van der Waals surface area contributed by atoms with Gasteiger partial charge in [-0.25, -0.2) is 22.8 Å². The van der Waals surface area contributed by atoms with Crippen LogP contribution in [0.4, 0.5) is 17.6 Å². The van der Waals surface area contributed by atoms with Crippen molar-refractivity contribution in [3.05, 3.63) is 65.4 Å². The van der Waals surface area contributed by atoms with Crippen molar-refractivity contribution >= 4 is 20.9 Å². The van der Waals surface area contributed by atoms with Crippen LogP contribution in [0.5, 0.6) is 0 Å². The molecule has 0 aliphatic heterocycles. The second-order valence-corrected chi connectivity index (χ2v) is 10.0. The maximum absolute atomic E-state index is 14.7. The van der Waals surface area contributed by atoms with Crippen molar-refractivity contribution in [3.63, 3.8) is 0 Å². The number of hydrogen-bond acceptors (Lipinski definition) is 6. The third kappa shape index (κ3) is 4.90. The Morgan fingerprint density at radius 1 is 1.14 bits per heavy atom. The van der Waals surface area contributed by atoms with Crippen molar-refractivity contribution in [2.75, 3.05) is 0 Å². The lowest BCUT2D eigenvalue weighted by Crippen LogP contribution is -2.42. The predicted octanol–water partition coefficient (Wildman–Crippen LogP) is 4.59. The maximum atomic E-state index is 14.7. The molecule has 4 aromatic rings. The number of halogens is 4. The molecule has 0 bridgehead atoms. The van der Waals surface area contributed by atoms with Gasteiger partial charge in [0.25, 0.3) is 0 Å². The van der Waals surface area contributed by atoms with Gasteiger partial charge in [-0.3, -0.25) is 9.55 Å². The number of aromatic nitrogens is 4. The standard InChI is InChI=1S/C24H20F4N6O2S/c1-4-15-7-21-17(8-19(15)25)18(9-29)22(34(21)23-31-10-13(2)11-32-23)20-6-5-16(12-30-20)37(35,36)33-14(3)24(26,27)28/h5-8,10-12,14,33H,4H2,1-3H3/t14-/m0/s1. The average molecular weight is 533 g/mol. The fraction of sp³-hybridized carbons (Fsp3) is 0.250. The summed E-state index contributed by atoms with van der Waals surface area (Å²) in [7, 11) is -4.54. The minimum atomic E-state index is -4.77. The SMILES string of the molecule is CCc1cc2c(cc1F)c(C#N)c(-c1ccc(S(=O)(=O)N[C@@H](C)C(F)(F)F)cn1)n2-c1ncc(C)cn1. The Kier molecular flexibility index (Phi) is 6.74. The van der Waals surface area contributed by atoms with Crippen molar-refractivity contribution in [1.82, 2.24) is 24.2 Å². The van der Waals surface area contributed by atoms with Gasteiger partial charge in [-0.2, -0.15) is 23.2 Å². The van der Waals surface area contributed by atoms with Crippen molar-refractivity contribution in [2.24, 2.45) is 0 Å². The molecule has 1 atom stereocenters. The number of nitrogens with zero attached hydrogens (tertiary/aromatic N) is 5. The van der Waals surface area contributed by atoms with Crippen LogP contribution in [0.2, 0.25) is 0 Å². The molecule has 0 saturated carbocycles. The number of alkyl halides is 3. The Morgan fingerprint density at radius 3 is 2.35 bits per heavy atom. The summed E-state index contributed by atoms with van der Waals surface area (Å²) in [5.41, 5.74) is 1.94. The van der Waals surface area contributed by atoms with Crippen LogP contribution in [0.3, 0.4) is 0 Å². The third-order valence-electron chi connectivity index (χ3n) is 5.71. The van der Waals surface area contributed by atoms with Crippen molar-refractivity contribution in [3.8, 4) is 23.4 Å². The molecule has 0 spiro atoms. The summed E-state index contributed by atoms with van der Waals surface area (Å²) < 4.78 is 81.3. The van der Waals surface area contributed by atoms with E-state index in [4.69, 9.17) is 0 Å². The molecule has 0 aliphatic carbocycles. The highest BCUT2D eigenvalue weighted by molar-refractivity contribution is 7.89. The Balaban J connectivity index is 1.92. The van der Waals surface area contributed by atoms with E-state index in [1.165, 1.54) is 16.7 Å². The summed E-state index contributed by atoms with van der Waals surface area (Å²) >= 11 is 0. The van der Waals surface area contributed by atoms with Crippen molar-refractivity contribution < 1.29 is 26.0 Å². The third-order valence-corrected chi connectivity index (χ3v) is 7.23. The molecule has 0 radical (unpaired) electrons. The van der Waals surface area contributed by atoms with Gasteiger partial charge in [0.1, 0.15) is 22.8 Å². The van der Waals surface area contributed by atoms with Gasteiger partial charge in [-0.15, -0.1) is 0 Å². The minimum absolute atomic E-state index is 0.0488. The van der Waals surface area contributed by atoms with Gasteiger partial charge >= 0.3 is 6.18 Å². The molecule has 37 heavy (non-hydrogen) atoms. The molecule has 3 heterocycles. The number of aryl methyl sites for hydroxylation is 2. The van der Waals surface area contributed by atoms with E-state index in [2.05, 4.69) is 21.0 Å². The summed E-state index contributed by atoms with van der Waals surface area (Å²) in [4.78, 5) is 12.3. The van der Waals surface area contributed by atoms with E-state index >= 15 is 0 Å². The first-order valence-corrected chi connectivity index (χ1v) is 12.5. The first-order chi connectivity index (χ1) is 17.4. The smallest absolute Gasteiger partial charge is 0.275 e. The highest BCUT2D eigenvalue weighted by Gasteiger charge is 2.39. The van der Waals surface area contributed by atoms with Crippen molar-refractivity contribution in [1.29, 1.82) is 5.26 Å². The second kappa shape index (κ2) is 9.53. The molecule has 4 rings (SSSR count). The molecular formula is C24H20F4N6O2S. The number of nitriles is 1.